The van der Waals surface area contributed by atoms with Crippen LogP contribution in [0.1, 0.15) is 18.1 Å². The molecule has 0 fully saturated rings. The van der Waals surface area contributed by atoms with Crippen molar-refractivity contribution in [2.24, 2.45) is 0 Å². The van der Waals surface area contributed by atoms with Gasteiger partial charge in [0.1, 0.15) is 0 Å². The fourth-order valence-electron chi connectivity index (χ4n) is 2.61. The monoisotopic (exact) mass is 284 g/mol. The molecule has 0 N–H and O–H groups in total. The molecule has 0 nitrogen and oxygen atoms in total. The van der Waals surface area contributed by atoms with Gasteiger partial charge in [-0.05, 0) is 47.4 Å². The molecule has 0 radical (unpaired) electrons. The van der Waals surface area contributed by atoms with E-state index in [1.165, 1.54) is 33.0 Å². The van der Waals surface area contributed by atoms with Gasteiger partial charge in [-0.25, -0.2) is 0 Å². The lowest BCUT2D eigenvalue weighted by Crippen LogP contribution is -1.82. The van der Waals surface area contributed by atoms with E-state index in [4.69, 9.17) is 0 Å². The number of aryl methyl sites for hydroxylation is 1. The molecule has 0 unspecified atom stereocenters. The van der Waals surface area contributed by atoms with Crippen molar-refractivity contribution < 1.29 is 0 Å². The van der Waals surface area contributed by atoms with Crippen LogP contribution in [0.2, 0.25) is 0 Å². The van der Waals surface area contributed by atoms with E-state index >= 15 is 0 Å². The third-order valence-corrected chi connectivity index (χ3v) is 3.85. The predicted molar refractivity (Wildman–Crippen MR) is 98.0 cm³/mol. The second-order valence-corrected chi connectivity index (χ2v) is 5.83. The summed E-state index contributed by atoms with van der Waals surface area (Å²) in [6.07, 6.45) is 4.19. The Bertz CT molecular complexity index is 849. The Morgan fingerprint density at radius 3 is 2.36 bits per heavy atom. The summed E-state index contributed by atoms with van der Waals surface area (Å²) in [7, 11) is 0. The van der Waals surface area contributed by atoms with Crippen LogP contribution in [0.5, 0.6) is 0 Å². The Balaban J connectivity index is 2.07. The lowest BCUT2D eigenvalue weighted by atomic mass is 9.98. The smallest absolute Gasteiger partial charge is 0.0111 e. The molecule has 0 saturated carbocycles. The molecule has 3 rings (SSSR count). The molecule has 0 heteroatoms. The third kappa shape index (κ3) is 3.01. The third-order valence-electron chi connectivity index (χ3n) is 3.85. The quantitative estimate of drug-likeness (QED) is 0.488. The van der Waals surface area contributed by atoms with E-state index in [0.717, 1.165) is 5.57 Å². The molecule has 22 heavy (non-hydrogen) atoms. The van der Waals surface area contributed by atoms with Gasteiger partial charge in [0, 0.05) is 0 Å². The van der Waals surface area contributed by atoms with Crippen molar-refractivity contribution in [3.05, 3.63) is 90.0 Å². The maximum atomic E-state index is 3.92. The van der Waals surface area contributed by atoms with Crippen molar-refractivity contribution in [1.29, 1.82) is 0 Å². The first-order valence-corrected chi connectivity index (χ1v) is 7.57. The van der Waals surface area contributed by atoms with Crippen LogP contribution in [0.25, 0.3) is 28.0 Å². The van der Waals surface area contributed by atoms with E-state index in [1.54, 1.807) is 0 Å². The number of hydrogen-bond donors (Lipinski definition) is 0. The number of hydrogen-bond acceptors (Lipinski definition) is 0. The van der Waals surface area contributed by atoms with Crippen molar-refractivity contribution in [3.8, 4) is 11.1 Å². The van der Waals surface area contributed by atoms with E-state index in [-0.39, 0.29) is 0 Å². The summed E-state index contributed by atoms with van der Waals surface area (Å²) in [6.45, 7) is 8.05. The molecule has 0 spiro atoms. The summed E-state index contributed by atoms with van der Waals surface area (Å²) in [5.74, 6) is 0. The highest BCUT2D eigenvalue weighted by Crippen LogP contribution is 2.27. The van der Waals surface area contributed by atoms with Gasteiger partial charge in [0.15, 0.2) is 0 Å². The van der Waals surface area contributed by atoms with E-state index < -0.39 is 0 Å². The second-order valence-electron chi connectivity index (χ2n) is 5.83. The Kier molecular flexibility index (Phi) is 3.93. The minimum absolute atomic E-state index is 1.06. The van der Waals surface area contributed by atoms with Crippen LogP contribution in [-0.4, -0.2) is 0 Å². The predicted octanol–water partition coefficient (Wildman–Crippen LogP) is 6.40. The highest BCUT2D eigenvalue weighted by molar-refractivity contribution is 5.93. The SMILES string of the molecule is C=C(C)/C=C\c1cccc2cc(-c3ccc(C)cc3)ccc12. The normalized spacial score (nSPS) is 11.2. The van der Waals surface area contributed by atoms with Gasteiger partial charge >= 0.3 is 0 Å². The van der Waals surface area contributed by atoms with Crippen LogP contribution in [0.4, 0.5) is 0 Å². The average molecular weight is 284 g/mol. The lowest BCUT2D eigenvalue weighted by molar-refractivity contribution is 1.47. The van der Waals surface area contributed by atoms with Crippen molar-refractivity contribution in [1.82, 2.24) is 0 Å². The largest absolute Gasteiger partial charge is 0.0961 e. The molecule has 3 aromatic carbocycles. The Labute approximate surface area is 132 Å². The van der Waals surface area contributed by atoms with E-state index in [2.05, 4.69) is 86.3 Å². The van der Waals surface area contributed by atoms with Crippen LogP contribution in [0, 0.1) is 6.92 Å². The molecule has 0 aliphatic heterocycles. The summed E-state index contributed by atoms with van der Waals surface area (Å²) in [5, 5.41) is 2.54. The molecular weight excluding hydrogens is 264 g/mol. The topological polar surface area (TPSA) is 0 Å². The average Bonchev–Trinajstić information content (AvgIpc) is 2.53. The summed E-state index contributed by atoms with van der Waals surface area (Å²) >= 11 is 0. The summed E-state index contributed by atoms with van der Waals surface area (Å²) < 4.78 is 0. The van der Waals surface area contributed by atoms with E-state index in [1.807, 2.05) is 6.92 Å². The zero-order valence-electron chi connectivity index (χ0n) is 13.1. The van der Waals surface area contributed by atoms with Crippen molar-refractivity contribution in [2.45, 2.75) is 13.8 Å². The van der Waals surface area contributed by atoms with Crippen molar-refractivity contribution in [3.63, 3.8) is 0 Å². The summed E-state index contributed by atoms with van der Waals surface area (Å²) in [5.41, 5.74) is 6.10. The molecule has 108 valence electrons. The van der Waals surface area contributed by atoms with Gasteiger partial charge in [-0.2, -0.15) is 0 Å². The molecule has 0 amide bonds. The van der Waals surface area contributed by atoms with Gasteiger partial charge in [-0.3, -0.25) is 0 Å². The number of fused-ring (bicyclic) bond motifs is 1. The minimum atomic E-state index is 1.06. The van der Waals surface area contributed by atoms with Gasteiger partial charge in [0.2, 0.25) is 0 Å². The second kappa shape index (κ2) is 6.03. The number of benzene rings is 3. The van der Waals surface area contributed by atoms with Gasteiger partial charge in [-0.1, -0.05) is 84.5 Å². The van der Waals surface area contributed by atoms with Gasteiger partial charge < -0.3 is 0 Å². The van der Waals surface area contributed by atoms with Crippen LogP contribution in [0.15, 0.2) is 78.9 Å². The summed E-state index contributed by atoms with van der Waals surface area (Å²) in [6, 6.07) is 21.8. The molecule has 0 heterocycles. The van der Waals surface area contributed by atoms with Crippen LogP contribution < -0.4 is 0 Å². The molecule has 0 aliphatic carbocycles. The van der Waals surface area contributed by atoms with Gasteiger partial charge in [0.25, 0.3) is 0 Å². The lowest BCUT2D eigenvalue weighted by Gasteiger charge is -2.07. The summed E-state index contributed by atoms with van der Waals surface area (Å²) in [4.78, 5) is 0. The molecule has 0 saturated heterocycles. The van der Waals surface area contributed by atoms with Gasteiger partial charge in [-0.15, -0.1) is 0 Å². The van der Waals surface area contributed by atoms with Crippen molar-refractivity contribution in [2.75, 3.05) is 0 Å². The first kappa shape index (κ1) is 14.3. The zero-order chi connectivity index (χ0) is 15.5. The Morgan fingerprint density at radius 2 is 1.64 bits per heavy atom. The maximum Gasteiger partial charge on any atom is -0.0111 e. The first-order valence-electron chi connectivity index (χ1n) is 7.57. The molecule has 0 aromatic heterocycles. The molecule has 3 aromatic rings. The highest BCUT2D eigenvalue weighted by Gasteiger charge is 2.02. The number of allylic oxidation sites excluding steroid dienone is 2. The van der Waals surface area contributed by atoms with Crippen LogP contribution in [0.3, 0.4) is 0 Å². The minimum Gasteiger partial charge on any atom is -0.0961 e. The standard InChI is InChI=1S/C22H20/c1-16(2)7-10-19-5-4-6-21-15-20(13-14-22(19)21)18-11-8-17(3)9-12-18/h4-15H,1H2,2-3H3/b10-7-. The van der Waals surface area contributed by atoms with Crippen molar-refractivity contribution >= 4 is 16.8 Å². The maximum absolute atomic E-state index is 3.92. The Hall–Kier alpha value is -2.60. The van der Waals surface area contributed by atoms with Gasteiger partial charge in [0.05, 0.1) is 0 Å². The fraction of sp³-hybridized carbons (Fsp3) is 0.0909. The van der Waals surface area contributed by atoms with Crippen LogP contribution in [-0.2, 0) is 0 Å². The molecule has 0 atom stereocenters. The zero-order valence-corrected chi connectivity index (χ0v) is 13.1. The highest BCUT2D eigenvalue weighted by atomic mass is 14.1. The molecular formula is C22H20. The Morgan fingerprint density at radius 1 is 0.909 bits per heavy atom. The molecule has 0 aliphatic rings. The van der Waals surface area contributed by atoms with E-state index in [9.17, 15) is 0 Å². The number of rotatable bonds is 3. The first-order chi connectivity index (χ1) is 10.6. The molecule has 0 bridgehead atoms. The van der Waals surface area contributed by atoms with Crippen LogP contribution >= 0.6 is 0 Å². The fourth-order valence-corrected chi connectivity index (χ4v) is 2.61. The van der Waals surface area contributed by atoms with E-state index in [0.29, 0.717) is 0 Å².